The first-order valence-electron chi connectivity index (χ1n) is 7.82. The predicted molar refractivity (Wildman–Crippen MR) is 94.2 cm³/mol. The van der Waals surface area contributed by atoms with Gasteiger partial charge < -0.3 is 0 Å². The van der Waals surface area contributed by atoms with Crippen molar-refractivity contribution in [2.24, 2.45) is 0 Å². The van der Waals surface area contributed by atoms with Crippen LogP contribution in [-0.4, -0.2) is 0 Å². The van der Waals surface area contributed by atoms with Gasteiger partial charge in [-0.2, -0.15) is 13.2 Å². The highest BCUT2D eigenvalue weighted by Crippen LogP contribution is 2.47. The molecule has 124 valence electrons. The van der Waals surface area contributed by atoms with Crippen LogP contribution in [0.4, 0.5) is 13.2 Å². The van der Waals surface area contributed by atoms with Gasteiger partial charge in [0.15, 0.2) is 5.43 Å². The molecule has 0 bridgehead atoms. The Morgan fingerprint density at radius 3 is 2.28 bits per heavy atom. The third-order valence-corrected chi connectivity index (χ3v) is 4.53. The molecule has 0 amide bonds. The van der Waals surface area contributed by atoms with Crippen molar-refractivity contribution < 1.29 is 13.2 Å². The van der Waals surface area contributed by atoms with Gasteiger partial charge in [0.1, 0.15) is 0 Å². The molecule has 0 radical (unpaired) electrons. The van der Waals surface area contributed by atoms with Crippen LogP contribution in [0.2, 0.25) is 0 Å². The van der Waals surface area contributed by atoms with Gasteiger partial charge in [0.2, 0.25) is 0 Å². The number of benzene rings is 2. The largest absolute Gasteiger partial charge is 0.417 e. The lowest BCUT2D eigenvalue weighted by atomic mass is 9.91. The van der Waals surface area contributed by atoms with E-state index >= 15 is 0 Å². The summed E-state index contributed by atoms with van der Waals surface area (Å²) in [5.74, 6) is 0. The van der Waals surface area contributed by atoms with Crippen molar-refractivity contribution in [3.8, 4) is 11.1 Å². The highest BCUT2D eigenvalue weighted by molar-refractivity contribution is 6.11. The number of hydrogen-bond acceptors (Lipinski definition) is 1. The molecule has 0 N–H and O–H groups in total. The van der Waals surface area contributed by atoms with Gasteiger partial charge in [-0.15, -0.1) is 0 Å². The Morgan fingerprint density at radius 1 is 0.880 bits per heavy atom. The Bertz CT molecular complexity index is 1090. The van der Waals surface area contributed by atoms with E-state index in [0.29, 0.717) is 27.5 Å². The van der Waals surface area contributed by atoms with Crippen molar-refractivity contribution in [1.82, 2.24) is 0 Å². The van der Waals surface area contributed by atoms with Crippen molar-refractivity contribution in [2.45, 2.75) is 13.1 Å². The van der Waals surface area contributed by atoms with Gasteiger partial charge in [0.25, 0.3) is 0 Å². The van der Waals surface area contributed by atoms with Crippen LogP contribution in [0.3, 0.4) is 0 Å². The van der Waals surface area contributed by atoms with Gasteiger partial charge >= 0.3 is 6.18 Å². The highest BCUT2D eigenvalue weighted by atomic mass is 19.4. The van der Waals surface area contributed by atoms with E-state index in [9.17, 15) is 18.0 Å². The average Bonchev–Trinajstić information content (AvgIpc) is 2.77. The maximum Gasteiger partial charge on any atom is 0.417 e. The van der Waals surface area contributed by atoms with E-state index in [1.165, 1.54) is 24.3 Å². The van der Waals surface area contributed by atoms with Gasteiger partial charge in [-0.1, -0.05) is 42.5 Å². The SMILES string of the molecule is CC1=Cc2c(C(F)(F)F)c(-c3ccccc3)cc3ccc(=O)cc1c23. The molecule has 1 aliphatic carbocycles. The predicted octanol–water partition coefficient (Wildman–Crippen LogP) is 5.76. The quantitative estimate of drug-likeness (QED) is 0.551. The monoisotopic (exact) mass is 338 g/mol. The molecule has 0 atom stereocenters. The molecule has 1 aliphatic rings. The Labute approximate surface area is 142 Å². The Balaban J connectivity index is 2.24. The van der Waals surface area contributed by atoms with Gasteiger partial charge in [-0.3, -0.25) is 4.79 Å². The fourth-order valence-corrected chi connectivity index (χ4v) is 3.49. The van der Waals surface area contributed by atoms with Gasteiger partial charge in [-0.25, -0.2) is 0 Å². The molecule has 4 heteroatoms. The van der Waals surface area contributed by atoms with Crippen LogP contribution in [0.5, 0.6) is 0 Å². The first-order valence-corrected chi connectivity index (χ1v) is 7.82. The Kier molecular flexibility index (Phi) is 3.32. The van der Waals surface area contributed by atoms with E-state index in [0.717, 1.165) is 0 Å². The third-order valence-electron chi connectivity index (χ3n) is 4.53. The molecule has 25 heavy (non-hydrogen) atoms. The molecule has 0 saturated heterocycles. The van der Waals surface area contributed by atoms with E-state index in [-0.39, 0.29) is 16.6 Å². The molecule has 4 rings (SSSR count). The molecular weight excluding hydrogens is 325 g/mol. The zero-order valence-corrected chi connectivity index (χ0v) is 13.3. The average molecular weight is 338 g/mol. The van der Waals surface area contributed by atoms with E-state index in [4.69, 9.17) is 0 Å². The fraction of sp³-hybridized carbons (Fsp3) is 0.0952. The lowest BCUT2D eigenvalue weighted by molar-refractivity contribution is -0.137. The van der Waals surface area contributed by atoms with Crippen LogP contribution in [0.25, 0.3) is 33.5 Å². The van der Waals surface area contributed by atoms with Crippen molar-refractivity contribution in [2.75, 3.05) is 0 Å². The second-order valence-corrected chi connectivity index (χ2v) is 6.16. The maximum absolute atomic E-state index is 13.9. The van der Waals surface area contributed by atoms with Crippen molar-refractivity contribution in [1.29, 1.82) is 0 Å². The van der Waals surface area contributed by atoms with Gasteiger partial charge in [0, 0.05) is 0 Å². The molecular formula is C21H13F3O. The van der Waals surface area contributed by atoms with Crippen LogP contribution in [0, 0.1) is 0 Å². The summed E-state index contributed by atoms with van der Waals surface area (Å²) >= 11 is 0. The van der Waals surface area contributed by atoms with E-state index in [1.54, 1.807) is 43.3 Å². The summed E-state index contributed by atoms with van der Waals surface area (Å²) in [5.41, 5.74) is 1.15. The van der Waals surface area contributed by atoms with Crippen LogP contribution in [-0.2, 0) is 6.18 Å². The molecule has 0 heterocycles. The number of alkyl halides is 3. The third kappa shape index (κ3) is 2.45. The first kappa shape index (κ1) is 15.6. The van der Waals surface area contributed by atoms with Crippen LogP contribution in [0.15, 0.2) is 59.4 Å². The highest BCUT2D eigenvalue weighted by Gasteiger charge is 2.38. The fourth-order valence-electron chi connectivity index (χ4n) is 3.49. The number of rotatable bonds is 1. The molecule has 0 aromatic heterocycles. The number of allylic oxidation sites excluding steroid dienone is 1. The first-order chi connectivity index (χ1) is 11.9. The lowest BCUT2D eigenvalue weighted by Crippen LogP contribution is -2.10. The molecule has 1 nitrogen and oxygen atoms in total. The second kappa shape index (κ2) is 5.31. The second-order valence-electron chi connectivity index (χ2n) is 6.16. The summed E-state index contributed by atoms with van der Waals surface area (Å²) in [6.07, 6.45) is -2.96. The molecule has 3 aromatic rings. The zero-order valence-electron chi connectivity index (χ0n) is 13.3. The van der Waals surface area contributed by atoms with E-state index < -0.39 is 11.7 Å². The molecule has 0 aliphatic heterocycles. The van der Waals surface area contributed by atoms with E-state index in [1.807, 2.05) is 0 Å². The van der Waals surface area contributed by atoms with Crippen molar-refractivity contribution >= 4 is 22.4 Å². The Hall–Kier alpha value is -2.88. The summed E-state index contributed by atoms with van der Waals surface area (Å²) in [5, 5.41) is 1.12. The van der Waals surface area contributed by atoms with Crippen LogP contribution >= 0.6 is 0 Å². The van der Waals surface area contributed by atoms with E-state index in [2.05, 4.69) is 0 Å². The minimum Gasteiger partial charge on any atom is -0.290 e. The minimum atomic E-state index is -4.50. The topological polar surface area (TPSA) is 17.1 Å². The summed E-state index contributed by atoms with van der Waals surface area (Å²) in [4.78, 5) is 11.9. The number of hydrogen-bond donors (Lipinski definition) is 0. The molecule has 0 saturated carbocycles. The maximum atomic E-state index is 13.9. The van der Waals surface area contributed by atoms with Crippen molar-refractivity contribution in [3.63, 3.8) is 0 Å². The standard InChI is InChI=1S/C21H13F3O/c1-12-9-18-19-14(7-8-15(25)11-16(12)19)10-17(20(18)21(22,23)24)13-5-3-2-4-6-13/h2-11H,1H3. The molecule has 3 aromatic carbocycles. The molecule has 0 fully saturated rings. The molecule has 0 spiro atoms. The van der Waals surface area contributed by atoms with Crippen LogP contribution in [0.1, 0.15) is 23.6 Å². The summed E-state index contributed by atoms with van der Waals surface area (Å²) in [6.45, 7) is 1.73. The Morgan fingerprint density at radius 2 is 1.60 bits per heavy atom. The van der Waals surface area contributed by atoms with Crippen molar-refractivity contribution in [3.05, 3.63) is 81.5 Å². The normalized spacial score (nSPS) is 13.2. The smallest absolute Gasteiger partial charge is 0.290 e. The zero-order chi connectivity index (χ0) is 17.8. The van der Waals surface area contributed by atoms with Gasteiger partial charge in [0.05, 0.1) is 5.56 Å². The molecule has 0 unspecified atom stereocenters. The van der Waals surface area contributed by atoms with Gasteiger partial charge in [-0.05, 0) is 63.7 Å². The summed E-state index contributed by atoms with van der Waals surface area (Å²) < 4.78 is 41.8. The van der Waals surface area contributed by atoms with Crippen LogP contribution < -0.4 is 5.43 Å². The lowest BCUT2D eigenvalue weighted by Gasteiger charge is -2.17. The summed E-state index contributed by atoms with van der Waals surface area (Å²) in [7, 11) is 0. The number of halogens is 3. The summed E-state index contributed by atoms with van der Waals surface area (Å²) in [6, 6.07) is 14.5. The minimum absolute atomic E-state index is 0.131.